The molecule has 7 nitrogen and oxygen atoms in total. The second-order valence-electron chi connectivity index (χ2n) is 9.49. The Kier molecular flexibility index (Phi) is 6.55. The van der Waals surface area contributed by atoms with E-state index in [4.69, 9.17) is 4.74 Å². The first-order valence-electron chi connectivity index (χ1n) is 12.4. The smallest absolute Gasteiger partial charge is 0.256 e. The van der Waals surface area contributed by atoms with E-state index < -0.39 is 0 Å². The lowest BCUT2D eigenvalue weighted by Gasteiger charge is -2.36. The topological polar surface area (TPSA) is 65.1 Å². The Hall–Kier alpha value is -4.00. The third-order valence-corrected chi connectivity index (χ3v) is 6.99. The summed E-state index contributed by atoms with van der Waals surface area (Å²) in [5, 5.41) is 3.50. The van der Waals surface area contributed by atoms with E-state index >= 15 is 0 Å². The minimum absolute atomic E-state index is 0.0404. The number of ether oxygens (including phenoxy) is 1. The molecule has 2 aliphatic rings. The fraction of sp³-hybridized carbons (Fsp3) is 0.310. The summed E-state index contributed by atoms with van der Waals surface area (Å²) in [5.74, 6) is 0.922. The van der Waals surface area contributed by atoms with Crippen molar-refractivity contribution in [3.05, 3.63) is 89.5 Å². The van der Waals surface area contributed by atoms with Crippen molar-refractivity contribution in [1.82, 2.24) is 9.80 Å². The molecule has 1 atom stereocenters. The van der Waals surface area contributed by atoms with E-state index in [0.717, 1.165) is 41.3 Å². The van der Waals surface area contributed by atoms with E-state index in [2.05, 4.69) is 22.3 Å². The zero-order valence-corrected chi connectivity index (χ0v) is 21.0. The zero-order chi connectivity index (χ0) is 25.2. The quantitative estimate of drug-likeness (QED) is 0.553. The fourth-order valence-corrected chi connectivity index (χ4v) is 5.03. The van der Waals surface area contributed by atoms with Gasteiger partial charge in [-0.3, -0.25) is 9.59 Å². The number of anilines is 2. The largest absolute Gasteiger partial charge is 0.497 e. The van der Waals surface area contributed by atoms with Crippen LogP contribution in [0.15, 0.2) is 72.8 Å². The summed E-state index contributed by atoms with van der Waals surface area (Å²) in [6.07, 6.45) is -0.235. The van der Waals surface area contributed by atoms with Crippen molar-refractivity contribution in [2.24, 2.45) is 0 Å². The summed E-state index contributed by atoms with van der Waals surface area (Å²) < 4.78 is 5.24. The molecule has 2 heterocycles. The third-order valence-electron chi connectivity index (χ3n) is 6.99. The van der Waals surface area contributed by atoms with Crippen molar-refractivity contribution < 1.29 is 14.3 Å². The fourth-order valence-electron chi connectivity index (χ4n) is 5.03. The Morgan fingerprint density at radius 3 is 2.22 bits per heavy atom. The van der Waals surface area contributed by atoms with Crippen LogP contribution in [0.25, 0.3) is 0 Å². The zero-order valence-electron chi connectivity index (χ0n) is 21.0. The molecule has 0 bridgehead atoms. The van der Waals surface area contributed by atoms with E-state index in [1.54, 1.807) is 7.11 Å². The summed E-state index contributed by atoms with van der Waals surface area (Å²) >= 11 is 0. The van der Waals surface area contributed by atoms with Gasteiger partial charge >= 0.3 is 0 Å². The number of amides is 2. The monoisotopic (exact) mass is 484 g/mol. The van der Waals surface area contributed by atoms with Gasteiger partial charge in [0.25, 0.3) is 11.8 Å². The molecular formula is C29H32N4O3. The summed E-state index contributed by atoms with van der Waals surface area (Å²) in [6, 6.07) is 23.4. The van der Waals surface area contributed by atoms with Gasteiger partial charge in [0.15, 0.2) is 0 Å². The van der Waals surface area contributed by atoms with Gasteiger partial charge in [0.1, 0.15) is 11.9 Å². The lowest BCUT2D eigenvalue weighted by Crippen LogP contribution is -2.48. The van der Waals surface area contributed by atoms with Gasteiger partial charge in [-0.1, -0.05) is 18.2 Å². The lowest BCUT2D eigenvalue weighted by atomic mass is 10.1. The van der Waals surface area contributed by atoms with Crippen LogP contribution in [0.3, 0.4) is 0 Å². The molecule has 0 spiro atoms. The predicted octanol–water partition coefficient (Wildman–Crippen LogP) is 4.63. The van der Waals surface area contributed by atoms with Crippen LogP contribution in [0, 0.1) is 0 Å². The number of nitrogens with zero attached hydrogens (tertiary/aromatic N) is 3. The second-order valence-corrected chi connectivity index (χ2v) is 9.49. The number of benzene rings is 3. The van der Waals surface area contributed by atoms with Crippen LogP contribution < -0.4 is 15.0 Å². The normalized spacial score (nSPS) is 17.4. The highest BCUT2D eigenvalue weighted by atomic mass is 16.5. The van der Waals surface area contributed by atoms with Gasteiger partial charge in [-0.15, -0.1) is 0 Å². The van der Waals surface area contributed by atoms with Crippen molar-refractivity contribution in [2.45, 2.75) is 26.1 Å². The standard InChI is InChI=1S/C29H32N4O3/c1-20(2)33-27(25-6-4-5-7-26(25)29(33)35)30-22-10-8-21(9-11-22)28(34)32-18-16-31(17-19-32)23-12-14-24(36-3)15-13-23/h4-15,20,27,30H,16-19H2,1-3H3. The van der Waals surface area contributed by atoms with Crippen LogP contribution in [0.1, 0.15) is 46.3 Å². The Labute approximate surface area is 212 Å². The highest BCUT2D eigenvalue weighted by Gasteiger charge is 2.37. The average molecular weight is 485 g/mol. The van der Waals surface area contributed by atoms with Crippen LogP contribution in [-0.4, -0.2) is 60.9 Å². The summed E-state index contributed by atoms with van der Waals surface area (Å²) in [5.41, 5.74) is 4.40. The number of carbonyl (C=O) groups excluding carboxylic acids is 2. The first kappa shape index (κ1) is 23.7. The molecule has 5 rings (SSSR count). The molecule has 7 heteroatoms. The predicted molar refractivity (Wildman–Crippen MR) is 142 cm³/mol. The maximum absolute atomic E-state index is 13.1. The first-order chi connectivity index (χ1) is 17.5. The number of piperazine rings is 1. The highest BCUT2D eigenvalue weighted by molar-refractivity contribution is 5.99. The van der Waals surface area contributed by atoms with Gasteiger partial charge < -0.3 is 24.8 Å². The molecule has 1 saturated heterocycles. The molecule has 1 N–H and O–H groups in total. The average Bonchev–Trinajstić information content (AvgIpc) is 3.20. The highest BCUT2D eigenvalue weighted by Crippen LogP contribution is 2.35. The molecule has 186 valence electrons. The molecule has 1 fully saturated rings. The van der Waals surface area contributed by atoms with Crippen LogP contribution in [0.4, 0.5) is 11.4 Å². The Bertz CT molecular complexity index is 1230. The van der Waals surface area contributed by atoms with Gasteiger partial charge in [0.2, 0.25) is 0 Å². The molecular weight excluding hydrogens is 452 g/mol. The second kappa shape index (κ2) is 9.93. The van der Waals surface area contributed by atoms with Crippen LogP contribution in [0.5, 0.6) is 5.75 Å². The molecule has 2 aliphatic heterocycles. The van der Waals surface area contributed by atoms with Gasteiger partial charge in [-0.05, 0) is 68.4 Å². The van der Waals surface area contributed by atoms with Crippen molar-refractivity contribution >= 4 is 23.2 Å². The van der Waals surface area contributed by atoms with E-state index in [0.29, 0.717) is 18.7 Å². The summed E-state index contributed by atoms with van der Waals surface area (Å²) in [7, 11) is 1.66. The Morgan fingerprint density at radius 1 is 0.917 bits per heavy atom. The van der Waals surface area contributed by atoms with E-state index in [1.807, 2.05) is 84.3 Å². The number of hydrogen-bond donors (Lipinski definition) is 1. The minimum Gasteiger partial charge on any atom is -0.497 e. The summed E-state index contributed by atoms with van der Waals surface area (Å²) in [6.45, 7) is 6.98. The van der Waals surface area contributed by atoms with E-state index in [1.165, 1.54) is 0 Å². The molecule has 0 aromatic heterocycles. The SMILES string of the molecule is COc1ccc(N2CCN(C(=O)c3ccc(NC4c5ccccc5C(=O)N4C(C)C)cc3)CC2)cc1. The van der Waals surface area contributed by atoms with E-state index in [9.17, 15) is 9.59 Å². The maximum Gasteiger partial charge on any atom is 0.256 e. The van der Waals surface area contributed by atoms with Gasteiger partial charge in [-0.2, -0.15) is 0 Å². The van der Waals surface area contributed by atoms with Gasteiger partial charge in [-0.25, -0.2) is 0 Å². The number of rotatable bonds is 6. The Morgan fingerprint density at radius 2 is 1.58 bits per heavy atom. The molecule has 0 radical (unpaired) electrons. The van der Waals surface area contributed by atoms with Crippen LogP contribution in [0.2, 0.25) is 0 Å². The van der Waals surface area contributed by atoms with Gasteiger partial charge in [0, 0.05) is 60.3 Å². The molecule has 1 unspecified atom stereocenters. The number of carbonyl (C=O) groups is 2. The van der Waals surface area contributed by atoms with Crippen molar-refractivity contribution in [2.75, 3.05) is 43.5 Å². The van der Waals surface area contributed by atoms with Gasteiger partial charge in [0.05, 0.1) is 7.11 Å². The lowest BCUT2D eigenvalue weighted by molar-refractivity contribution is 0.0684. The molecule has 3 aromatic carbocycles. The molecule has 0 aliphatic carbocycles. The van der Waals surface area contributed by atoms with Crippen molar-refractivity contribution in [1.29, 1.82) is 0 Å². The summed E-state index contributed by atoms with van der Waals surface area (Å²) in [4.78, 5) is 32.1. The molecule has 0 saturated carbocycles. The van der Waals surface area contributed by atoms with Crippen molar-refractivity contribution in [3.63, 3.8) is 0 Å². The Balaban J connectivity index is 1.23. The van der Waals surface area contributed by atoms with Crippen LogP contribution in [-0.2, 0) is 0 Å². The number of nitrogens with one attached hydrogen (secondary N) is 1. The van der Waals surface area contributed by atoms with Crippen molar-refractivity contribution in [3.8, 4) is 5.75 Å². The maximum atomic E-state index is 13.1. The number of hydrogen-bond acceptors (Lipinski definition) is 5. The van der Waals surface area contributed by atoms with E-state index in [-0.39, 0.29) is 24.0 Å². The minimum atomic E-state index is -0.235. The van der Waals surface area contributed by atoms with Crippen LogP contribution >= 0.6 is 0 Å². The first-order valence-corrected chi connectivity index (χ1v) is 12.4. The number of methoxy groups -OCH3 is 1. The molecule has 36 heavy (non-hydrogen) atoms. The molecule has 2 amide bonds. The molecule has 3 aromatic rings. The number of fused-ring (bicyclic) bond motifs is 1. The third kappa shape index (κ3) is 4.49.